The van der Waals surface area contributed by atoms with Crippen LogP contribution in [0.4, 0.5) is 0 Å². The molecule has 66 heavy (non-hydrogen) atoms. The fraction of sp³-hybridized carbons (Fsp3) is 0.883. The molecule has 0 saturated carbocycles. The Morgan fingerprint density at radius 1 is 0.288 bits per heavy atom. The van der Waals surface area contributed by atoms with Crippen LogP contribution < -0.4 is 0 Å². The maximum atomic E-state index is 12.9. The highest BCUT2D eigenvalue weighted by molar-refractivity contribution is 5.71. The monoisotopic (exact) mass is 929 g/mol. The molecule has 0 aromatic carbocycles. The predicted octanol–water partition coefficient (Wildman–Crippen LogP) is 19.5. The fourth-order valence-electron chi connectivity index (χ4n) is 8.73. The van der Waals surface area contributed by atoms with Crippen molar-refractivity contribution in [3.63, 3.8) is 0 Å². The summed E-state index contributed by atoms with van der Waals surface area (Å²) in [5.41, 5.74) is 0. The summed E-state index contributed by atoms with van der Waals surface area (Å²) in [6, 6.07) is 0. The van der Waals surface area contributed by atoms with E-state index in [1.165, 1.54) is 218 Å². The molecule has 0 amide bonds. The van der Waals surface area contributed by atoms with Crippen LogP contribution in [-0.2, 0) is 28.6 Å². The minimum Gasteiger partial charge on any atom is -0.462 e. The average Bonchev–Trinajstić information content (AvgIpc) is 3.31. The summed E-state index contributed by atoms with van der Waals surface area (Å²) in [7, 11) is 0. The molecule has 0 bridgehead atoms. The van der Waals surface area contributed by atoms with Crippen molar-refractivity contribution >= 4 is 17.9 Å². The molecule has 0 aliphatic carbocycles. The first-order chi connectivity index (χ1) is 32.5. The Morgan fingerprint density at radius 3 is 0.788 bits per heavy atom. The van der Waals surface area contributed by atoms with Gasteiger partial charge in [0.1, 0.15) is 13.2 Å². The van der Waals surface area contributed by atoms with E-state index >= 15 is 0 Å². The van der Waals surface area contributed by atoms with Crippen LogP contribution in [0.15, 0.2) is 24.3 Å². The van der Waals surface area contributed by atoms with Gasteiger partial charge in [0.2, 0.25) is 0 Å². The zero-order valence-electron chi connectivity index (χ0n) is 44.5. The predicted molar refractivity (Wildman–Crippen MR) is 284 cm³/mol. The lowest BCUT2D eigenvalue weighted by molar-refractivity contribution is -0.167. The molecule has 388 valence electrons. The first-order valence-corrected chi connectivity index (χ1v) is 29.3. The number of ether oxygens (including phenoxy) is 3. The Hall–Kier alpha value is -2.11. The maximum absolute atomic E-state index is 12.9. The lowest BCUT2D eigenvalue weighted by atomic mass is 10.0. The Labute approximate surface area is 411 Å². The smallest absolute Gasteiger partial charge is 0.306 e. The van der Waals surface area contributed by atoms with Gasteiger partial charge in [-0.25, -0.2) is 0 Å². The number of hydrogen-bond acceptors (Lipinski definition) is 6. The molecule has 6 nitrogen and oxygen atoms in total. The summed E-state index contributed by atoms with van der Waals surface area (Å²) >= 11 is 0. The van der Waals surface area contributed by atoms with E-state index in [-0.39, 0.29) is 31.1 Å². The summed E-state index contributed by atoms with van der Waals surface area (Å²) < 4.78 is 16.9. The van der Waals surface area contributed by atoms with Crippen LogP contribution in [0, 0.1) is 0 Å². The first-order valence-electron chi connectivity index (χ1n) is 29.3. The Kier molecular flexibility index (Phi) is 53.7. The van der Waals surface area contributed by atoms with Gasteiger partial charge in [-0.2, -0.15) is 0 Å². The number of allylic oxidation sites excluding steroid dienone is 4. The normalized spacial score (nSPS) is 12.1. The molecule has 0 rings (SSSR count). The molecule has 0 N–H and O–H groups in total. The summed E-state index contributed by atoms with van der Waals surface area (Å²) in [6.45, 7) is 6.65. The van der Waals surface area contributed by atoms with Gasteiger partial charge in [-0.15, -0.1) is 0 Å². The summed E-state index contributed by atoms with van der Waals surface area (Å²) in [4.78, 5) is 38.1. The SMILES string of the molecule is CCCCC/C=C\CCCCCCCC(=O)OCC(COC(=O)CCCCCCCCC/C=C\CCCCCCCCC)OC(=O)CCCCCCCCCCCCCCCCCCCC. The summed E-state index contributed by atoms with van der Waals surface area (Å²) in [5.74, 6) is -0.865. The summed E-state index contributed by atoms with van der Waals surface area (Å²) in [6.07, 6.45) is 64.5. The Balaban J connectivity index is 4.31. The zero-order chi connectivity index (χ0) is 47.9. The molecule has 1 atom stereocenters. The second-order valence-electron chi connectivity index (χ2n) is 19.9. The van der Waals surface area contributed by atoms with Crippen molar-refractivity contribution in [1.82, 2.24) is 0 Å². The standard InChI is InChI=1S/C60H112O6/c1-4-7-10-13-16-19-22-25-27-29-31-33-35-38-41-44-47-50-53-59(62)65-56-57(55-64-58(61)52-49-46-43-40-37-24-21-18-15-12-9-6-3)66-60(63)54-51-48-45-42-39-36-34-32-30-28-26-23-20-17-14-11-8-5-2/h18,21,27,29,57H,4-17,19-20,22-26,28,30-56H2,1-3H3/b21-18-,29-27-. The molecule has 0 fully saturated rings. The van der Waals surface area contributed by atoms with Crippen molar-refractivity contribution in [2.45, 2.75) is 329 Å². The highest BCUT2D eigenvalue weighted by Gasteiger charge is 2.19. The summed E-state index contributed by atoms with van der Waals surface area (Å²) in [5, 5.41) is 0. The van der Waals surface area contributed by atoms with Crippen LogP contribution in [0.1, 0.15) is 323 Å². The van der Waals surface area contributed by atoms with Gasteiger partial charge in [0.25, 0.3) is 0 Å². The molecular formula is C60H112O6. The van der Waals surface area contributed by atoms with Crippen molar-refractivity contribution in [1.29, 1.82) is 0 Å². The van der Waals surface area contributed by atoms with Crippen molar-refractivity contribution in [2.75, 3.05) is 13.2 Å². The molecule has 0 radical (unpaired) electrons. The topological polar surface area (TPSA) is 78.9 Å². The third-order valence-corrected chi connectivity index (χ3v) is 13.2. The third-order valence-electron chi connectivity index (χ3n) is 13.2. The molecule has 0 aliphatic rings. The molecule has 0 aromatic rings. The number of carbonyl (C=O) groups is 3. The number of unbranched alkanes of at least 4 members (excludes halogenated alkanes) is 39. The van der Waals surface area contributed by atoms with E-state index in [0.717, 1.165) is 64.2 Å². The largest absolute Gasteiger partial charge is 0.462 e. The van der Waals surface area contributed by atoms with Gasteiger partial charge in [0, 0.05) is 19.3 Å². The number of hydrogen-bond donors (Lipinski definition) is 0. The van der Waals surface area contributed by atoms with Crippen LogP contribution in [-0.4, -0.2) is 37.2 Å². The van der Waals surface area contributed by atoms with E-state index in [2.05, 4.69) is 45.1 Å². The van der Waals surface area contributed by atoms with Crippen LogP contribution >= 0.6 is 0 Å². The van der Waals surface area contributed by atoms with E-state index in [4.69, 9.17) is 14.2 Å². The number of rotatable bonds is 54. The number of esters is 3. The van der Waals surface area contributed by atoms with Gasteiger partial charge >= 0.3 is 17.9 Å². The van der Waals surface area contributed by atoms with E-state index in [0.29, 0.717) is 19.3 Å². The molecule has 0 saturated heterocycles. The first kappa shape index (κ1) is 63.9. The molecule has 1 unspecified atom stereocenters. The van der Waals surface area contributed by atoms with Gasteiger partial charge in [-0.3, -0.25) is 14.4 Å². The second kappa shape index (κ2) is 55.5. The average molecular weight is 930 g/mol. The Bertz CT molecular complexity index is 1070. The van der Waals surface area contributed by atoms with Gasteiger partial charge < -0.3 is 14.2 Å². The fourth-order valence-corrected chi connectivity index (χ4v) is 8.73. The van der Waals surface area contributed by atoms with Gasteiger partial charge in [0.05, 0.1) is 0 Å². The van der Waals surface area contributed by atoms with Crippen molar-refractivity contribution in [3.05, 3.63) is 24.3 Å². The highest BCUT2D eigenvalue weighted by Crippen LogP contribution is 2.17. The van der Waals surface area contributed by atoms with Crippen LogP contribution in [0.3, 0.4) is 0 Å². The van der Waals surface area contributed by atoms with Gasteiger partial charge in [-0.1, -0.05) is 257 Å². The van der Waals surface area contributed by atoms with Crippen molar-refractivity contribution < 1.29 is 28.6 Å². The molecule has 6 heteroatoms. The van der Waals surface area contributed by atoms with Crippen molar-refractivity contribution in [2.24, 2.45) is 0 Å². The van der Waals surface area contributed by atoms with Gasteiger partial charge in [0.15, 0.2) is 6.10 Å². The van der Waals surface area contributed by atoms with Crippen LogP contribution in [0.2, 0.25) is 0 Å². The lowest BCUT2D eigenvalue weighted by Crippen LogP contribution is -2.30. The minimum absolute atomic E-state index is 0.0719. The zero-order valence-corrected chi connectivity index (χ0v) is 44.5. The van der Waals surface area contributed by atoms with E-state index in [9.17, 15) is 14.4 Å². The minimum atomic E-state index is -0.772. The van der Waals surface area contributed by atoms with Crippen LogP contribution in [0.5, 0.6) is 0 Å². The van der Waals surface area contributed by atoms with E-state index < -0.39 is 6.10 Å². The molecule has 0 spiro atoms. The van der Waals surface area contributed by atoms with Crippen LogP contribution in [0.25, 0.3) is 0 Å². The molecular weight excluding hydrogens is 817 g/mol. The van der Waals surface area contributed by atoms with E-state index in [1.54, 1.807) is 0 Å². The quantitative estimate of drug-likeness (QED) is 0.0262. The van der Waals surface area contributed by atoms with Gasteiger partial charge in [-0.05, 0) is 70.6 Å². The molecule has 0 heterocycles. The lowest BCUT2D eigenvalue weighted by Gasteiger charge is -2.18. The van der Waals surface area contributed by atoms with E-state index in [1.807, 2.05) is 0 Å². The Morgan fingerprint density at radius 2 is 0.500 bits per heavy atom. The molecule has 0 aromatic heterocycles. The van der Waals surface area contributed by atoms with Crippen molar-refractivity contribution in [3.8, 4) is 0 Å². The highest BCUT2D eigenvalue weighted by atomic mass is 16.6. The number of carbonyl (C=O) groups excluding carboxylic acids is 3. The third kappa shape index (κ3) is 52.9. The maximum Gasteiger partial charge on any atom is 0.306 e. The second-order valence-corrected chi connectivity index (χ2v) is 19.9. The molecule has 0 aliphatic heterocycles.